The largest absolute Gasteiger partial charge is 0.0616 e. The first-order chi connectivity index (χ1) is 11.4. The zero-order valence-corrected chi connectivity index (χ0v) is 15.6. The molecule has 3 aromatic rings. The van der Waals surface area contributed by atoms with Crippen LogP contribution in [0.15, 0.2) is 48.5 Å². The lowest BCUT2D eigenvalue weighted by molar-refractivity contribution is 1.30. The van der Waals surface area contributed by atoms with E-state index in [0.717, 1.165) is 0 Å². The van der Waals surface area contributed by atoms with Gasteiger partial charge in [0.05, 0.1) is 0 Å². The van der Waals surface area contributed by atoms with E-state index in [1.54, 1.807) is 0 Å². The van der Waals surface area contributed by atoms with Gasteiger partial charge in [0.15, 0.2) is 0 Å². The van der Waals surface area contributed by atoms with Gasteiger partial charge >= 0.3 is 0 Å². The summed E-state index contributed by atoms with van der Waals surface area (Å²) >= 11 is 0. The predicted octanol–water partition coefficient (Wildman–Crippen LogP) is 6.87. The number of hydrogen-bond donors (Lipinski definition) is 0. The van der Waals surface area contributed by atoms with Gasteiger partial charge in [-0.25, -0.2) is 0 Å². The topological polar surface area (TPSA) is 0 Å². The molecule has 24 heavy (non-hydrogen) atoms. The van der Waals surface area contributed by atoms with E-state index in [1.807, 2.05) is 0 Å². The third kappa shape index (κ3) is 2.89. The van der Waals surface area contributed by atoms with Crippen LogP contribution >= 0.6 is 0 Å². The second kappa shape index (κ2) is 6.28. The van der Waals surface area contributed by atoms with Crippen molar-refractivity contribution in [2.45, 2.75) is 41.5 Å². The summed E-state index contributed by atoms with van der Waals surface area (Å²) in [5.74, 6) is 0. The molecule has 0 atom stereocenters. The fourth-order valence-electron chi connectivity index (χ4n) is 4.13. The van der Waals surface area contributed by atoms with E-state index in [1.165, 1.54) is 55.6 Å². The molecule has 3 rings (SSSR count). The lowest BCUT2D eigenvalue weighted by Gasteiger charge is -2.19. The third-order valence-electron chi connectivity index (χ3n) is 4.82. The highest BCUT2D eigenvalue weighted by atomic mass is 14.2. The summed E-state index contributed by atoms with van der Waals surface area (Å²) in [6.45, 7) is 13.2. The molecular formula is C24H26. The van der Waals surface area contributed by atoms with Gasteiger partial charge in [-0.15, -0.1) is 0 Å². The van der Waals surface area contributed by atoms with Crippen LogP contribution in [0.4, 0.5) is 0 Å². The molecule has 0 fully saturated rings. The van der Waals surface area contributed by atoms with E-state index in [-0.39, 0.29) is 0 Å². The van der Waals surface area contributed by atoms with Crippen LogP contribution in [0.1, 0.15) is 33.4 Å². The van der Waals surface area contributed by atoms with Gasteiger partial charge in [-0.2, -0.15) is 0 Å². The summed E-state index contributed by atoms with van der Waals surface area (Å²) < 4.78 is 0. The van der Waals surface area contributed by atoms with Gasteiger partial charge in [0.25, 0.3) is 0 Å². The Bertz CT molecular complexity index is 791. The van der Waals surface area contributed by atoms with Crippen molar-refractivity contribution >= 4 is 0 Å². The van der Waals surface area contributed by atoms with E-state index in [9.17, 15) is 0 Å². The Morgan fingerprint density at radius 2 is 0.750 bits per heavy atom. The molecule has 0 N–H and O–H groups in total. The molecule has 0 heteroatoms. The van der Waals surface area contributed by atoms with E-state index < -0.39 is 0 Å². The second-order valence-corrected chi connectivity index (χ2v) is 7.09. The Morgan fingerprint density at radius 1 is 0.458 bits per heavy atom. The quantitative estimate of drug-likeness (QED) is 0.484. The molecule has 0 saturated carbocycles. The molecule has 0 aromatic heterocycles. The lowest BCUT2D eigenvalue weighted by atomic mass is 9.85. The van der Waals surface area contributed by atoms with Crippen molar-refractivity contribution in [1.82, 2.24) is 0 Å². The number of rotatable bonds is 2. The third-order valence-corrected chi connectivity index (χ3v) is 4.82. The molecule has 0 nitrogen and oxygen atoms in total. The molecule has 0 aliphatic carbocycles. The summed E-state index contributed by atoms with van der Waals surface area (Å²) in [6.07, 6.45) is 0. The van der Waals surface area contributed by atoms with Crippen molar-refractivity contribution in [3.63, 3.8) is 0 Å². The molecule has 122 valence electrons. The first-order valence-corrected chi connectivity index (χ1v) is 8.64. The van der Waals surface area contributed by atoms with Gasteiger partial charge in [-0.05, 0) is 86.1 Å². The minimum atomic E-state index is 1.33. The molecule has 3 aromatic carbocycles. The van der Waals surface area contributed by atoms with Crippen LogP contribution < -0.4 is 0 Å². The Hall–Kier alpha value is -2.34. The average Bonchev–Trinajstić information content (AvgIpc) is 2.46. The Kier molecular flexibility index (Phi) is 4.32. The van der Waals surface area contributed by atoms with Gasteiger partial charge in [0.2, 0.25) is 0 Å². The average molecular weight is 314 g/mol. The van der Waals surface area contributed by atoms with Crippen LogP contribution in [0.3, 0.4) is 0 Å². The molecule has 0 radical (unpaired) electrons. The normalized spacial score (nSPS) is 10.9. The molecule has 0 aliphatic rings. The van der Waals surface area contributed by atoms with E-state index in [4.69, 9.17) is 0 Å². The van der Waals surface area contributed by atoms with E-state index in [2.05, 4.69) is 90.1 Å². The van der Waals surface area contributed by atoms with Crippen molar-refractivity contribution in [3.05, 3.63) is 81.9 Å². The highest BCUT2D eigenvalue weighted by Gasteiger charge is 2.15. The minimum Gasteiger partial charge on any atom is -0.0616 e. The SMILES string of the molecule is Cc1cc(C)c(-c2ccccc2-c2c(C)cc(C)cc2C)c(C)c1. The van der Waals surface area contributed by atoms with Crippen LogP contribution in [0.2, 0.25) is 0 Å². The zero-order chi connectivity index (χ0) is 17.4. The van der Waals surface area contributed by atoms with Crippen LogP contribution in [0, 0.1) is 41.5 Å². The van der Waals surface area contributed by atoms with E-state index in [0.29, 0.717) is 0 Å². The maximum Gasteiger partial charge on any atom is -0.00999 e. The molecular weight excluding hydrogens is 288 g/mol. The zero-order valence-electron chi connectivity index (χ0n) is 15.6. The maximum atomic E-state index is 2.29. The van der Waals surface area contributed by atoms with Crippen molar-refractivity contribution in [2.75, 3.05) is 0 Å². The first kappa shape index (κ1) is 16.5. The predicted molar refractivity (Wildman–Crippen MR) is 106 cm³/mol. The van der Waals surface area contributed by atoms with Crippen molar-refractivity contribution < 1.29 is 0 Å². The second-order valence-electron chi connectivity index (χ2n) is 7.09. The molecule has 0 aliphatic heterocycles. The molecule has 0 amide bonds. The van der Waals surface area contributed by atoms with Gasteiger partial charge in [0, 0.05) is 0 Å². The van der Waals surface area contributed by atoms with Crippen LogP contribution in [-0.2, 0) is 0 Å². The molecule has 0 unspecified atom stereocenters. The molecule has 0 spiro atoms. The number of benzene rings is 3. The monoisotopic (exact) mass is 314 g/mol. The smallest absolute Gasteiger partial charge is 0.00999 e. The van der Waals surface area contributed by atoms with Crippen LogP contribution in [0.5, 0.6) is 0 Å². The van der Waals surface area contributed by atoms with Crippen molar-refractivity contribution in [1.29, 1.82) is 0 Å². The van der Waals surface area contributed by atoms with Crippen molar-refractivity contribution in [2.24, 2.45) is 0 Å². The summed E-state index contributed by atoms with van der Waals surface area (Å²) in [5, 5.41) is 0. The summed E-state index contributed by atoms with van der Waals surface area (Å²) in [5.41, 5.74) is 13.5. The van der Waals surface area contributed by atoms with Crippen LogP contribution in [-0.4, -0.2) is 0 Å². The Labute approximate surface area is 146 Å². The highest BCUT2D eigenvalue weighted by molar-refractivity contribution is 5.88. The first-order valence-electron chi connectivity index (χ1n) is 8.64. The Balaban J connectivity index is 2.33. The fourth-order valence-corrected chi connectivity index (χ4v) is 4.13. The summed E-state index contributed by atoms with van der Waals surface area (Å²) in [4.78, 5) is 0. The molecule has 0 saturated heterocycles. The van der Waals surface area contributed by atoms with Gasteiger partial charge in [-0.1, -0.05) is 59.7 Å². The standard InChI is InChI=1S/C24H26/c1-15-11-17(3)23(18(4)12-15)21-9-7-8-10-22(21)24-19(5)13-16(2)14-20(24)6/h7-14H,1-6H3. The highest BCUT2D eigenvalue weighted by Crippen LogP contribution is 2.39. The Morgan fingerprint density at radius 3 is 1.04 bits per heavy atom. The molecule has 0 heterocycles. The molecule has 0 bridgehead atoms. The fraction of sp³-hybridized carbons (Fsp3) is 0.250. The van der Waals surface area contributed by atoms with Gasteiger partial charge in [-0.3, -0.25) is 0 Å². The maximum absolute atomic E-state index is 2.29. The number of hydrogen-bond acceptors (Lipinski definition) is 0. The minimum absolute atomic E-state index is 1.33. The van der Waals surface area contributed by atoms with E-state index >= 15 is 0 Å². The van der Waals surface area contributed by atoms with Gasteiger partial charge < -0.3 is 0 Å². The van der Waals surface area contributed by atoms with Gasteiger partial charge in [0.1, 0.15) is 0 Å². The number of aryl methyl sites for hydroxylation is 6. The summed E-state index contributed by atoms with van der Waals surface area (Å²) in [7, 11) is 0. The van der Waals surface area contributed by atoms with Crippen molar-refractivity contribution in [3.8, 4) is 22.3 Å². The lowest BCUT2D eigenvalue weighted by Crippen LogP contribution is -1.96. The van der Waals surface area contributed by atoms with Crippen LogP contribution in [0.25, 0.3) is 22.3 Å². The summed E-state index contributed by atoms with van der Waals surface area (Å²) in [6, 6.07) is 18.0.